The van der Waals surface area contributed by atoms with Gasteiger partial charge in [-0.2, -0.15) is 0 Å². The van der Waals surface area contributed by atoms with Gasteiger partial charge in [-0.25, -0.2) is 13.6 Å². The molecule has 0 fully saturated rings. The normalized spacial score (nSPS) is 13.3. The molecule has 18 heavy (non-hydrogen) atoms. The summed E-state index contributed by atoms with van der Waals surface area (Å²) in [5.74, 6) is -0.209. The van der Waals surface area contributed by atoms with Crippen LogP contribution in [0.25, 0.3) is 0 Å². The molecule has 0 aliphatic heterocycles. The van der Waals surface area contributed by atoms with Crippen LogP contribution in [0.15, 0.2) is 17.2 Å². The van der Waals surface area contributed by atoms with Gasteiger partial charge in [-0.1, -0.05) is 6.92 Å². The summed E-state index contributed by atoms with van der Waals surface area (Å²) in [4.78, 5) is 14.1. The first-order valence-electron chi connectivity index (χ1n) is 5.33. The zero-order valence-electron chi connectivity index (χ0n) is 10.3. The van der Waals surface area contributed by atoms with Crippen molar-refractivity contribution >= 4 is 15.9 Å². The average Bonchev–Trinajstić information content (AvgIpc) is 2.75. The maximum atomic E-state index is 11.7. The molecule has 0 radical (unpaired) electrons. The third-order valence-corrected chi connectivity index (χ3v) is 3.18. The molecule has 1 unspecified atom stereocenters. The number of carbonyl (C=O) groups excluding carboxylic acids is 1. The lowest BCUT2D eigenvalue weighted by Crippen LogP contribution is -2.30. The van der Waals surface area contributed by atoms with Gasteiger partial charge >= 0.3 is 0 Å². The minimum Gasteiger partial charge on any atom is -0.384 e. The lowest BCUT2D eigenvalue weighted by molar-refractivity contribution is 0.0929. The maximum absolute atomic E-state index is 11.7. The minimum atomic E-state index is -3.79. The zero-order valence-corrected chi connectivity index (χ0v) is 11.1. The number of nitrogens with two attached hydrogens (primary N) is 1. The largest absolute Gasteiger partial charge is 0.384 e. The molecule has 1 aromatic heterocycles. The number of primary sulfonamides is 1. The molecule has 4 N–H and O–H groups in total. The predicted molar refractivity (Wildman–Crippen MR) is 65.5 cm³/mol. The summed E-state index contributed by atoms with van der Waals surface area (Å²) >= 11 is 0. The van der Waals surface area contributed by atoms with E-state index in [0.29, 0.717) is 13.2 Å². The molecule has 0 saturated heterocycles. The van der Waals surface area contributed by atoms with Crippen molar-refractivity contribution in [1.82, 2.24) is 10.3 Å². The van der Waals surface area contributed by atoms with Crippen LogP contribution in [0.5, 0.6) is 0 Å². The first-order chi connectivity index (χ1) is 8.34. The van der Waals surface area contributed by atoms with E-state index in [1.165, 1.54) is 12.3 Å². The number of methoxy groups -OCH3 is 1. The van der Waals surface area contributed by atoms with Crippen molar-refractivity contribution in [2.75, 3.05) is 20.3 Å². The van der Waals surface area contributed by atoms with Crippen molar-refractivity contribution in [3.05, 3.63) is 18.0 Å². The third kappa shape index (κ3) is 4.13. The number of H-pyrrole nitrogens is 1. The Balaban J connectivity index is 2.60. The molecule has 102 valence electrons. The standard InChI is InChI=1S/C10H17N3O4S/c1-7(6-17-2)4-13-10(14)9-3-8(5-12-9)18(11,15)16/h3,5,7,12H,4,6H2,1-2H3,(H,13,14)(H2,11,15,16). The Morgan fingerprint density at radius 3 is 2.78 bits per heavy atom. The van der Waals surface area contributed by atoms with Crippen LogP contribution in [0.4, 0.5) is 0 Å². The summed E-state index contributed by atoms with van der Waals surface area (Å²) in [5.41, 5.74) is 0.156. The highest BCUT2D eigenvalue weighted by Gasteiger charge is 2.14. The van der Waals surface area contributed by atoms with Crippen LogP contribution in [0.1, 0.15) is 17.4 Å². The Bertz CT molecular complexity index is 509. The number of sulfonamides is 1. The fourth-order valence-electron chi connectivity index (χ4n) is 1.38. The second-order valence-electron chi connectivity index (χ2n) is 4.06. The van der Waals surface area contributed by atoms with Crippen LogP contribution in [0, 0.1) is 5.92 Å². The van der Waals surface area contributed by atoms with Gasteiger partial charge in [-0.15, -0.1) is 0 Å². The number of hydrogen-bond donors (Lipinski definition) is 3. The van der Waals surface area contributed by atoms with E-state index in [1.807, 2.05) is 6.92 Å². The quantitative estimate of drug-likeness (QED) is 0.659. The molecule has 0 aliphatic rings. The van der Waals surface area contributed by atoms with E-state index in [-0.39, 0.29) is 22.4 Å². The number of amides is 1. The van der Waals surface area contributed by atoms with Crippen LogP contribution < -0.4 is 10.5 Å². The minimum absolute atomic E-state index is 0.113. The molecule has 8 heteroatoms. The number of aromatic nitrogens is 1. The molecule has 0 aromatic carbocycles. The highest BCUT2D eigenvalue weighted by molar-refractivity contribution is 7.89. The van der Waals surface area contributed by atoms with E-state index in [9.17, 15) is 13.2 Å². The van der Waals surface area contributed by atoms with E-state index in [4.69, 9.17) is 9.88 Å². The Morgan fingerprint density at radius 1 is 1.61 bits per heavy atom. The topological polar surface area (TPSA) is 114 Å². The van der Waals surface area contributed by atoms with Gasteiger partial charge in [0.2, 0.25) is 10.0 Å². The zero-order chi connectivity index (χ0) is 13.8. The predicted octanol–water partition coefficient (Wildman–Crippen LogP) is -0.326. The summed E-state index contributed by atoms with van der Waals surface area (Å²) < 4.78 is 27.0. The fraction of sp³-hybridized carbons (Fsp3) is 0.500. The van der Waals surface area contributed by atoms with E-state index in [0.717, 1.165) is 0 Å². The van der Waals surface area contributed by atoms with Gasteiger partial charge in [0.1, 0.15) is 5.69 Å². The van der Waals surface area contributed by atoms with Crippen molar-refractivity contribution in [2.45, 2.75) is 11.8 Å². The van der Waals surface area contributed by atoms with Gasteiger partial charge in [0, 0.05) is 19.9 Å². The van der Waals surface area contributed by atoms with Crippen LogP contribution in [0.3, 0.4) is 0 Å². The number of rotatable bonds is 6. The summed E-state index contributed by atoms with van der Waals surface area (Å²) in [5, 5.41) is 7.60. The molecule has 1 atom stereocenters. The second kappa shape index (κ2) is 5.98. The SMILES string of the molecule is COCC(C)CNC(=O)c1cc(S(N)(=O)=O)c[nH]1. The first-order valence-corrected chi connectivity index (χ1v) is 6.87. The van der Waals surface area contributed by atoms with Crippen molar-refractivity contribution in [3.8, 4) is 0 Å². The van der Waals surface area contributed by atoms with Crippen molar-refractivity contribution in [3.63, 3.8) is 0 Å². The monoisotopic (exact) mass is 275 g/mol. The molecule has 1 heterocycles. The van der Waals surface area contributed by atoms with Crippen LogP contribution in [0.2, 0.25) is 0 Å². The molecular formula is C10H17N3O4S. The smallest absolute Gasteiger partial charge is 0.267 e. The Morgan fingerprint density at radius 2 is 2.28 bits per heavy atom. The average molecular weight is 275 g/mol. The molecule has 1 amide bonds. The lowest BCUT2D eigenvalue weighted by atomic mass is 10.2. The number of ether oxygens (including phenoxy) is 1. The maximum Gasteiger partial charge on any atom is 0.267 e. The number of hydrogen-bond acceptors (Lipinski definition) is 4. The van der Waals surface area contributed by atoms with Crippen molar-refractivity contribution in [1.29, 1.82) is 0 Å². The van der Waals surface area contributed by atoms with E-state index in [1.54, 1.807) is 7.11 Å². The summed E-state index contributed by atoms with van der Waals surface area (Å²) in [6.07, 6.45) is 1.18. The molecule has 1 aromatic rings. The van der Waals surface area contributed by atoms with Crippen LogP contribution in [-0.4, -0.2) is 39.6 Å². The first kappa shape index (κ1) is 14.7. The van der Waals surface area contributed by atoms with Gasteiger partial charge in [0.05, 0.1) is 11.5 Å². The molecule has 1 rings (SSSR count). The lowest BCUT2D eigenvalue weighted by Gasteiger charge is -2.10. The molecule has 0 spiro atoms. The van der Waals surface area contributed by atoms with Gasteiger partial charge < -0.3 is 15.0 Å². The summed E-state index contributed by atoms with van der Waals surface area (Å²) in [6, 6.07) is 1.20. The highest BCUT2D eigenvalue weighted by Crippen LogP contribution is 2.08. The Kier molecular flexibility index (Phi) is 4.88. The highest BCUT2D eigenvalue weighted by atomic mass is 32.2. The molecule has 0 aliphatic carbocycles. The second-order valence-corrected chi connectivity index (χ2v) is 5.63. The van der Waals surface area contributed by atoms with Gasteiger partial charge in [-0.3, -0.25) is 4.79 Å². The molecule has 0 saturated carbocycles. The summed E-state index contributed by atoms with van der Waals surface area (Å²) in [7, 11) is -2.20. The van der Waals surface area contributed by atoms with Crippen LogP contribution >= 0.6 is 0 Å². The van der Waals surface area contributed by atoms with Crippen LogP contribution in [-0.2, 0) is 14.8 Å². The summed E-state index contributed by atoms with van der Waals surface area (Å²) in [6.45, 7) is 2.90. The Hall–Kier alpha value is -1.38. The van der Waals surface area contributed by atoms with Gasteiger partial charge in [0.25, 0.3) is 5.91 Å². The van der Waals surface area contributed by atoms with E-state index in [2.05, 4.69) is 10.3 Å². The number of aromatic amines is 1. The van der Waals surface area contributed by atoms with Gasteiger partial charge in [-0.05, 0) is 12.0 Å². The Labute approximate surface area is 106 Å². The molecule has 0 bridgehead atoms. The van der Waals surface area contributed by atoms with E-state index >= 15 is 0 Å². The van der Waals surface area contributed by atoms with Crippen molar-refractivity contribution < 1.29 is 17.9 Å². The molecule has 7 nitrogen and oxygen atoms in total. The van der Waals surface area contributed by atoms with Gasteiger partial charge in [0.15, 0.2) is 0 Å². The number of nitrogens with one attached hydrogen (secondary N) is 2. The van der Waals surface area contributed by atoms with E-state index < -0.39 is 10.0 Å². The molecular weight excluding hydrogens is 258 g/mol. The third-order valence-electron chi connectivity index (χ3n) is 2.29. The van der Waals surface area contributed by atoms with Crippen molar-refractivity contribution in [2.24, 2.45) is 11.1 Å². The number of carbonyl (C=O) groups is 1. The fourth-order valence-corrected chi connectivity index (χ4v) is 1.88.